The van der Waals surface area contributed by atoms with Crippen molar-refractivity contribution in [1.82, 2.24) is 24.6 Å². The second-order valence-electron chi connectivity index (χ2n) is 16.1. The average Bonchev–Trinajstić information content (AvgIpc) is 3.67. The van der Waals surface area contributed by atoms with E-state index in [2.05, 4.69) is 41.7 Å². The summed E-state index contributed by atoms with van der Waals surface area (Å²) in [6.45, 7) is 7.95. The number of methoxy groups -OCH3 is 1. The molecule has 17 heteroatoms. The lowest BCUT2D eigenvalue weighted by atomic mass is 9.60. The fourth-order valence-electron chi connectivity index (χ4n) is 8.92. The van der Waals surface area contributed by atoms with Crippen molar-refractivity contribution in [2.75, 3.05) is 63.3 Å². The van der Waals surface area contributed by atoms with E-state index in [0.29, 0.717) is 35.5 Å². The fourth-order valence-corrected chi connectivity index (χ4v) is 9.85. The van der Waals surface area contributed by atoms with Crippen LogP contribution in [0.25, 0.3) is 11.0 Å². The van der Waals surface area contributed by atoms with Crippen LogP contribution in [0.2, 0.25) is 0 Å². The monoisotopic (exact) mass is 802 g/mol. The van der Waals surface area contributed by atoms with Crippen LogP contribution in [0, 0.1) is 27.4 Å². The van der Waals surface area contributed by atoms with Crippen LogP contribution in [-0.4, -0.2) is 98.2 Å². The Labute approximate surface area is 331 Å². The van der Waals surface area contributed by atoms with Gasteiger partial charge in [0.2, 0.25) is 5.82 Å². The average molecular weight is 803 g/mol. The molecule has 0 radical (unpaired) electrons. The second-order valence-corrected chi connectivity index (χ2v) is 17.8. The summed E-state index contributed by atoms with van der Waals surface area (Å²) >= 11 is 0. The van der Waals surface area contributed by atoms with Crippen molar-refractivity contribution >= 4 is 44.2 Å². The van der Waals surface area contributed by atoms with Gasteiger partial charge in [0.1, 0.15) is 16.3 Å². The zero-order valence-electron chi connectivity index (χ0n) is 32.4. The van der Waals surface area contributed by atoms with Crippen molar-refractivity contribution in [3.8, 4) is 17.4 Å². The molecule has 1 amide bonds. The number of nitrogens with one attached hydrogen (secondary N) is 3. The normalized spacial score (nSPS) is 21.5. The number of amides is 1. The lowest BCUT2D eigenvalue weighted by Gasteiger charge is -2.56. The van der Waals surface area contributed by atoms with Crippen LogP contribution in [0.1, 0.15) is 68.6 Å². The van der Waals surface area contributed by atoms with Gasteiger partial charge in [0.05, 0.1) is 37.0 Å². The van der Waals surface area contributed by atoms with Gasteiger partial charge >= 0.3 is 5.69 Å². The number of H-pyrrole nitrogens is 1. The highest BCUT2D eigenvalue weighted by Gasteiger charge is 2.48. The predicted octanol–water partition coefficient (Wildman–Crippen LogP) is 6.11. The summed E-state index contributed by atoms with van der Waals surface area (Å²) in [6, 6.07) is 10.1. The van der Waals surface area contributed by atoms with Gasteiger partial charge in [-0.15, -0.1) is 0 Å². The largest absolute Gasteiger partial charge is 0.478 e. The van der Waals surface area contributed by atoms with Crippen molar-refractivity contribution in [2.24, 2.45) is 17.3 Å². The van der Waals surface area contributed by atoms with Gasteiger partial charge in [-0.05, 0) is 80.0 Å². The maximum Gasteiger partial charge on any atom is 0.312 e. The van der Waals surface area contributed by atoms with Crippen LogP contribution in [-0.2, 0) is 14.8 Å². The number of morpholine rings is 1. The highest BCUT2D eigenvalue weighted by Crippen LogP contribution is 2.51. The summed E-state index contributed by atoms with van der Waals surface area (Å²) in [7, 11) is -3.15. The van der Waals surface area contributed by atoms with E-state index in [1.807, 2.05) is 6.07 Å². The number of piperidine rings is 1. The first-order valence-electron chi connectivity index (χ1n) is 19.9. The van der Waals surface area contributed by atoms with Gasteiger partial charge in [-0.3, -0.25) is 19.8 Å². The van der Waals surface area contributed by atoms with Gasteiger partial charge in [0.15, 0.2) is 5.75 Å². The Morgan fingerprint density at radius 1 is 1.05 bits per heavy atom. The van der Waals surface area contributed by atoms with E-state index >= 15 is 0 Å². The van der Waals surface area contributed by atoms with E-state index in [4.69, 9.17) is 14.2 Å². The van der Waals surface area contributed by atoms with Crippen molar-refractivity contribution in [1.29, 1.82) is 0 Å². The van der Waals surface area contributed by atoms with E-state index in [1.54, 1.807) is 24.4 Å². The molecule has 8 rings (SSSR count). The smallest absolute Gasteiger partial charge is 0.312 e. The number of aromatic amines is 1. The fraction of sp³-hybridized carbons (Fsp3) is 0.525. The van der Waals surface area contributed by atoms with Crippen LogP contribution in [0.3, 0.4) is 0 Å². The Kier molecular flexibility index (Phi) is 11.0. The van der Waals surface area contributed by atoms with E-state index in [-0.39, 0.29) is 28.8 Å². The van der Waals surface area contributed by atoms with Crippen LogP contribution in [0.4, 0.5) is 17.2 Å². The zero-order valence-corrected chi connectivity index (χ0v) is 33.2. The number of hydrogen-bond acceptors (Lipinski definition) is 13. The molecule has 1 spiro atoms. The Balaban J connectivity index is 1.02. The molecular formula is C40H50N8O8S. The molecule has 2 aliphatic carbocycles. The summed E-state index contributed by atoms with van der Waals surface area (Å²) in [5, 5.41) is 15.9. The number of anilines is 2. The third kappa shape index (κ3) is 8.36. The van der Waals surface area contributed by atoms with E-state index in [1.165, 1.54) is 26.0 Å². The maximum atomic E-state index is 13.9. The highest BCUT2D eigenvalue weighted by molar-refractivity contribution is 7.90. The topological polar surface area (TPSA) is 194 Å². The molecule has 2 saturated heterocycles. The number of ether oxygens (including phenoxy) is 3. The minimum atomic E-state index is -4.61. The summed E-state index contributed by atoms with van der Waals surface area (Å²) in [6.07, 6.45) is 11.4. The molecule has 16 nitrogen and oxygen atoms in total. The SMILES string of the molecule is COc1nc2[nH]ccc2cc1Oc1cc(N2CCC3(CC2)CC(N2CCOCC2)C3)ccc1C(=O)NS(=O)(=O)c1cnc(NC[C@H]2CC[C@@H](C)CC2)c([N+](=O)[O-])c1. The highest BCUT2D eigenvalue weighted by atomic mass is 32.2. The summed E-state index contributed by atoms with van der Waals surface area (Å²) in [4.78, 5) is 41.3. The maximum absolute atomic E-state index is 13.9. The Bertz CT molecular complexity index is 2220. The van der Waals surface area contributed by atoms with Crippen LogP contribution >= 0.6 is 0 Å². The Morgan fingerprint density at radius 2 is 1.81 bits per heavy atom. The standard InChI is InChI=1S/C40H50N8O8S/c1-26-3-5-27(6-4-26)24-42-37-33(48(50)51)21-31(25-43-37)57(52,53)45-38(49)32-8-7-29(20-34(32)56-35-19-28-9-12-41-36(28)44-39(35)54-2)46-13-10-40(11-14-46)22-30(23-40)47-15-17-55-18-16-47/h7-9,12,19-21,25-27,30H,3-6,10-11,13-18,22-24H2,1-2H3,(H,41,44)(H,42,43)(H,45,49)/t26-,27+. The van der Waals surface area contributed by atoms with Crippen molar-refractivity contribution in [3.05, 3.63) is 64.5 Å². The molecule has 2 saturated carbocycles. The van der Waals surface area contributed by atoms with Crippen molar-refractivity contribution < 1.29 is 32.3 Å². The van der Waals surface area contributed by atoms with Gasteiger partial charge in [-0.2, -0.15) is 4.98 Å². The lowest BCUT2D eigenvalue weighted by Crippen LogP contribution is -2.57. The lowest BCUT2D eigenvalue weighted by molar-refractivity contribution is -0.384. The summed E-state index contributed by atoms with van der Waals surface area (Å²) < 4.78 is 46.9. The molecule has 0 unspecified atom stereocenters. The molecule has 5 heterocycles. The van der Waals surface area contributed by atoms with Crippen molar-refractivity contribution in [2.45, 2.75) is 69.2 Å². The Hall–Kier alpha value is -5.00. The number of nitrogens with zero attached hydrogens (tertiary/aromatic N) is 5. The van der Waals surface area contributed by atoms with Gasteiger partial charge in [-0.25, -0.2) is 18.1 Å². The molecule has 57 heavy (non-hydrogen) atoms. The molecule has 4 aliphatic rings. The molecule has 1 aromatic carbocycles. The Morgan fingerprint density at radius 3 is 2.53 bits per heavy atom. The number of fused-ring (bicyclic) bond motifs is 1. The van der Waals surface area contributed by atoms with Gasteiger partial charge < -0.3 is 29.4 Å². The quantitative estimate of drug-likeness (QED) is 0.110. The zero-order chi connectivity index (χ0) is 39.7. The number of sulfonamides is 1. The number of nitro groups is 1. The molecule has 2 aliphatic heterocycles. The van der Waals surface area contributed by atoms with E-state index < -0.39 is 31.4 Å². The number of pyridine rings is 2. The minimum Gasteiger partial charge on any atom is -0.478 e. The van der Waals surface area contributed by atoms with Gasteiger partial charge in [-0.1, -0.05) is 19.8 Å². The number of hydrogen-bond donors (Lipinski definition) is 3. The molecule has 304 valence electrons. The molecule has 3 aromatic heterocycles. The third-order valence-corrected chi connectivity index (χ3v) is 13.7. The van der Waals surface area contributed by atoms with E-state index in [9.17, 15) is 23.3 Å². The number of carbonyl (C=O) groups excluding carboxylic acids is 1. The van der Waals surface area contributed by atoms with Crippen LogP contribution in [0.5, 0.6) is 17.4 Å². The number of aromatic nitrogens is 3. The third-order valence-electron chi connectivity index (χ3n) is 12.4. The molecule has 4 fully saturated rings. The summed E-state index contributed by atoms with van der Waals surface area (Å²) in [5.41, 5.74) is 1.17. The van der Waals surface area contributed by atoms with Gasteiger partial charge in [0.25, 0.3) is 21.8 Å². The molecule has 0 bridgehead atoms. The molecule has 0 atom stereocenters. The number of benzene rings is 1. The minimum absolute atomic E-state index is 0.0185. The number of rotatable bonds is 12. The first kappa shape index (κ1) is 38.9. The molecule has 4 aromatic rings. The van der Waals surface area contributed by atoms with E-state index in [0.717, 1.165) is 101 Å². The molecule has 3 N–H and O–H groups in total. The number of carbonyl (C=O) groups is 1. The van der Waals surface area contributed by atoms with Gasteiger partial charge in [0, 0.05) is 68.2 Å². The second kappa shape index (κ2) is 16.1. The van der Waals surface area contributed by atoms with Crippen LogP contribution < -0.4 is 24.4 Å². The van der Waals surface area contributed by atoms with Crippen molar-refractivity contribution in [3.63, 3.8) is 0 Å². The molecular weight excluding hydrogens is 753 g/mol. The predicted molar refractivity (Wildman–Crippen MR) is 214 cm³/mol. The van der Waals surface area contributed by atoms with Crippen LogP contribution in [0.15, 0.2) is 53.7 Å². The summed E-state index contributed by atoms with van der Waals surface area (Å²) in [5.74, 6) is 0.485. The first-order valence-corrected chi connectivity index (χ1v) is 21.3. The first-order chi connectivity index (χ1) is 27.5.